The summed E-state index contributed by atoms with van der Waals surface area (Å²) >= 11 is 0. The maximum atomic E-state index is 4.00. The van der Waals surface area contributed by atoms with Crippen LogP contribution in [0.2, 0.25) is 0 Å². The van der Waals surface area contributed by atoms with E-state index < -0.39 is 0 Å². The van der Waals surface area contributed by atoms with Crippen LogP contribution in [0.4, 0.5) is 5.69 Å². The van der Waals surface area contributed by atoms with Crippen LogP contribution in [0.5, 0.6) is 0 Å². The number of aromatic nitrogens is 4. The zero-order valence-electron chi connectivity index (χ0n) is 13.0. The molecule has 1 N–H and O–H groups in total. The zero-order valence-corrected chi connectivity index (χ0v) is 13.0. The van der Waals surface area contributed by atoms with Crippen LogP contribution < -0.4 is 5.32 Å². The lowest BCUT2D eigenvalue weighted by Crippen LogP contribution is -2.37. The van der Waals surface area contributed by atoms with Gasteiger partial charge >= 0.3 is 0 Å². The summed E-state index contributed by atoms with van der Waals surface area (Å²) < 4.78 is 1.71. The number of tetrazole rings is 1. The largest absolute Gasteiger partial charge is 0.380 e. The first-order valence-corrected chi connectivity index (χ1v) is 7.64. The Bertz CT molecular complexity index is 590. The molecule has 0 saturated heterocycles. The minimum atomic E-state index is 0.465. The minimum absolute atomic E-state index is 0.465. The van der Waals surface area contributed by atoms with Gasteiger partial charge in [0, 0.05) is 6.04 Å². The summed E-state index contributed by atoms with van der Waals surface area (Å²) in [6.45, 7) is 7.09. The first-order valence-electron chi connectivity index (χ1n) is 7.64. The van der Waals surface area contributed by atoms with Crippen LogP contribution >= 0.6 is 0 Å². The van der Waals surface area contributed by atoms with Crippen molar-refractivity contribution in [2.75, 3.05) is 5.32 Å². The Kier molecular flexibility index (Phi) is 3.66. The molecule has 0 aliphatic heterocycles. The van der Waals surface area contributed by atoms with E-state index in [-0.39, 0.29) is 0 Å². The Labute approximate surface area is 125 Å². The van der Waals surface area contributed by atoms with E-state index in [0.717, 1.165) is 11.4 Å². The van der Waals surface area contributed by atoms with Crippen molar-refractivity contribution in [1.29, 1.82) is 0 Å². The van der Waals surface area contributed by atoms with Gasteiger partial charge in [-0.1, -0.05) is 32.9 Å². The molecular weight excluding hydrogens is 262 g/mol. The van der Waals surface area contributed by atoms with Crippen molar-refractivity contribution >= 4 is 5.69 Å². The fourth-order valence-electron chi connectivity index (χ4n) is 3.43. The van der Waals surface area contributed by atoms with Crippen LogP contribution in [0.1, 0.15) is 40.0 Å². The summed E-state index contributed by atoms with van der Waals surface area (Å²) in [6, 6.07) is 8.71. The van der Waals surface area contributed by atoms with Gasteiger partial charge in [0.05, 0.1) is 11.4 Å². The number of benzene rings is 1. The van der Waals surface area contributed by atoms with Crippen molar-refractivity contribution < 1.29 is 0 Å². The topological polar surface area (TPSA) is 55.6 Å². The smallest absolute Gasteiger partial charge is 0.143 e. The molecule has 1 fully saturated rings. The molecule has 2 atom stereocenters. The third-order valence-electron chi connectivity index (χ3n) is 4.53. The molecule has 21 heavy (non-hydrogen) atoms. The molecule has 1 aromatic heterocycles. The second kappa shape index (κ2) is 5.47. The predicted octanol–water partition coefficient (Wildman–Crippen LogP) is 3.29. The average molecular weight is 285 g/mol. The Morgan fingerprint density at radius 2 is 2.10 bits per heavy atom. The van der Waals surface area contributed by atoms with Crippen LogP contribution in [0.25, 0.3) is 5.69 Å². The van der Waals surface area contributed by atoms with Crippen LogP contribution in [0.3, 0.4) is 0 Å². The SMILES string of the molecule is CC1CC(C)(C)CCC1Nc1ccccc1-n1cnnn1. The summed E-state index contributed by atoms with van der Waals surface area (Å²) in [6.07, 6.45) is 5.37. The Balaban J connectivity index is 1.80. The number of nitrogens with zero attached hydrogens (tertiary/aromatic N) is 4. The number of anilines is 1. The molecule has 5 heteroatoms. The van der Waals surface area contributed by atoms with Crippen LogP contribution in [0, 0.1) is 11.3 Å². The van der Waals surface area contributed by atoms with Gasteiger partial charge in [0.2, 0.25) is 0 Å². The minimum Gasteiger partial charge on any atom is -0.380 e. The van der Waals surface area contributed by atoms with Crippen molar-refractivity contribution in [3.63, 3.8) is 0 Å². The molecule has 2 unspecified atom stereocenters. The van der Waals surface area contributed by atoms with Gasteiger partial charge in [0.15, 0.2) is 0 Å². The second-order valence-corrected chi connectivity index (χ2v) is 6.91. The van der Waals surface area contributed by atoms with Crippen molar-refractivity contribution in [1.82, 2.24) is 20.2 Å². The van der Waals surface area contributed by atoms with E-state index in [9.17, 15) is 0 Å². The highest BCUT2D eigenvalue weighted by Gasteiger charge is 2.32. The fraction of sp³-hybridized carbons (Fsp3) is 0.562. The molecule has 2 aromatic rings. The third-order valence-corrected chi connectivity index (χ3v) is 4.53. The van der Waals surface area contributed by atoms with Gasteiger partial charge in [0.25, 0.3) is 0 Å². The first kappa shape index (κ1) is 14.0. The van der Waals surface area contributed by atoms with Crippen molar-refractivity contribution in [3.05, 3.63) is 30.6 Å². The van der Waals surface area contributed by atoms with E-state index in [1.54, 1.807) is 11.0 Å². The second-order valence-electron chi connectivity index (χ2n) is 6.91. The van der Waals surface area contributed by atoms with Gasteiger partial charge in [-0.05, 0) is 53.2 Å². The standard InChI is InChI=1S/C16H23N5/c1-12-10-16(2,3)9-8-13(12)18-14-6-4-5-7-15(14)21-11-17-19-20-21/h4-7,11-13,18H,8-10H2,1-3H3. The maximum Gasteiger partial charge on any atom is 0.143 e. The number of nitrogens with one attached hydrogen (secondary N) is 1. The average Bonchev–Trinajstić information content (AvgIpc) is 2.96. The van der Waals surface area contributed by atoms with Gasteiger partial charge in [-0.3, -0.25) is 0 Å². The number of hydrogen-bond acceptors (Lipinski definition) is 4. The molecular formula is C16H23N5. The highest BCUT2D eigenvalue weighted by molar-refractivity contribution is 5.60. The zero-order chi connectivity index (χ0) is 14.9. The molecule has 0 radical (unpaired) electrons. The summed E-state index contributed by atoms with van der Waals surface area (Å²) in [5.74, 6) is 0.663. The lowest BCUT2D eigenvalue weighted by Gasteiger charge is -2.40. The summed E-state index contributed by atoms with van der Waals surface area (Å²) in [5, 5.41) is 15.2. The molecule has 1 aliphatic carbocycles. The Morgan fingerprint density at radius 1 is 1.29 bits per heavy atom. The third kappa shape index (κ3) is 3.06. The van der Waals surface area contributed by atoms with E-state index in [1.807, 2.05) is 18.2 Å². The lowest BCUT2D eigenvalue weighted by atomic mass is 9.70. The van der Waals surface area contributed by atoms with E-state index in [2.05, 4.69) is 47.7 Å². The summed E-state index contributed by atoms with van der Waals surface area (Å²) in [5.41, 5.74) is 2.56. The molecule has 0 amide bonds. The van der Waals surface area contributed by atoms with Crippen LogP contribution in [0.15, 0.2) is 30.6 Å². The maximum absolute atomic E-state index is 4.00. The predicted molar refractivity (Wildman–Crippen MR) is 83.4 cm³/mol. The van der Waals surface area contributed by atoms with E-state index in [0.29, 0.717) is 17.4 Å². The van der Waals surface area contributed by atoms with E-state index in [1.165, 1.54) is 19.3 Å². The van der Waals surface area contributed by atoms with Crippen LogP contribution in [-0.4, -0.2) is 26.2 Å². The highest BCUT2D eigenvalue weighted by atomic mass is 15.5. The van der Waals surface area contributed by atoms with Crippen molar-refractivity contribution in [2.45, 2.75) is 46.1 Å². The first-order chi connectivity index (χ1) is 10.1. The summed E-state index contributed by atoms with van der Waals surface area (Å²) in [7, 11) is 0. The number of hydrogen-bond donors (Lipinski definition) is 1. The molecule has 3 rings (SSSR count). The van der Waals surface area contributed by atoms with Gasteiger partial charge in [0.1, 0.15) is 6.33 Å². The quantitative estimate of drug-likeness (QED) is 0.940. The van der Waals surface area contributed by atoms with Gasteiger partial charge in [-0.15, -0.1) is 5.10 Å². The summed E-state index contributed by atoms with van der Waals surface area (Å²) in [4.78, 5) is 0. The van der Waals surface area contributed by atoms with Crippen LogP contribution in [-0.2, 0) is 0 Å². The molecule has 1 aromatic carbocycles. The highest BCUT2D eigenvalue weighted by Crippen LogP contribution is 2.39. The molecule has 1 aliphatic rings. The number of para-hydroxylation sites is 2. The lowest BCUT2D eigenvalue weighted by molar-refractivity contribution is 0.177. The Hall–Kier alpha value is -1.91. The van der Waals surface area contributed by atoms with E-state index >= 15 is 0 Å². The monoisotopic (exact) mass is 285 g/mol. The molecule has 0 bridgehead atoms. The molecule has 5 nitrogen and oxygen atoms in total. The molecule has 112 valence electrons. The van der Waals surface area contributed by atoms with Crippen molar-refractivity contribution in [2.24, 2.45) is 11.3 Å². The van der Waals surface area contributed by atoms with Crippen molar-refractivity contribution in [3.8, 4) is 5.69 Å². The van der Waals surface area contributed by atoms with Gasteiger partial charge in [-0.2, -0.15) is 4.68 Å². The van der Waals surface area contributed by atoms with Gasteiger partial charge < -0.3 is 5.32 Å². The number of rotatable bonds is 3. The van der Waals surface area contributed by atoms with Gasteiger partial charge in [-0.25, -0.2) is 0 Å². The Morgan fingerprint density at radius 3 is 2.81 bits per heavy atom. The fourth-order valence-corrected chi connectivity index (χ4v) is 3.43. The van der Waals surface area contributed by atoms with E-state index in [4.69, 9.17) is 0 Å². The molecule has 1 heterocycles. The molecule has 0 spiro atoms. The normalized spacial score (nSPS) is 24.7. The molecule has 1 saturated carbocycles.